The quantitative estimate of drug-likeness (QED) is 0.0598. The molecule has 2 aromatic carbocycles. The molecule has 0 radical (unpaired) electrons. The van der Waals surface area contributed by atoms with Gasteiger partial charge in [-0.15, -0.1) is 6.42 Å². The summed E-state index contributed by atoms with van der Waals surface area (Å²) in [5.41, 5.74) is 7.40. The number of benzene rings is 2. The smallest absolute Gasteiger partial charge is 0.322 e. The molecule has 15 heteroatoms. The van der Waals surface area contributed by atoms with Crippen LogP contribution >= 0.6 is 11.8 Å². The maximum atomic E-state index is 12.2. The molecule has 0 fully saturated rings. The summed E-state index contributed by atoms with van der Waals surface area (Å²) in [6, 6.07) is 13.5. The van der Waals surface area contributed by atoms with E-state index in [1.165, 1.54) is 11.8 Å². The number of hydrogen-bond acceptors (Lipinski definition) is 10. The van der Waals surface area contributed by atoms with Gasteiger partial charge in [-0.3, -0.25) is 28.8 Å². The molecule has 0 aliphatic carbocycles. The van der Waals surface area contributed by atoms with Gasteiger partial charge in [0.05, 0.1) is 12.6 Å². The Kier molecular flexibility index (Phi) is 23.3. The van der Waals surface area contributed by atoms with Crippen LogP contribution in [0.25, 0.3) is 0 Å². The highest BCUT2D eigenvalue weighted by Crippen LogP contribution is 2.12. The minimum atomic E-state index is -1.20. The van der Waals surface area contributed by atoms with Crippen molar-refractivity contribution in [2.24, 2.45) is 5.73 Å². The van der Waals surface area contributed by atoms with Gasteiger partial charge in [0.25, 0.3) is 0 Å². The highest BCUT2D eigenvalue weighted by atomic mass is 32.2. The van der Waals surface area contributed by atoms with E-state index in [-0.39, 0.29) is 18.6 Å². The predicted octanol–water partition coefficient (Wildman–Crippen LogP) is 0.230. The van der Waals surface area contributed by atoms with Crippen LogP contribution in [0, 0.1) is 12.3 Å². The first kappa shape index (κ1) is 43.0. The maximum Gasteiger partial charge on any atom is 0.322 e. The average Bonchev–Trinajstić information content (AvgIpc) is 3.08. The van der Waals surface area contributed by atoms with Gasteiger partial charge in [-0.2, -0.15) is 11.8 Å². The number of rotatable bonds is 19. The standard InChI is InChI=1S/C17H15NO3.C12H21N3O6S.C4H7N/c19-11-16(18-12-20)10-13-6-8-15(9-7-13)17(21)14-4-2-1-3-5-14;1-2-22-6-8(11(19)14-5-10(17)18)15-9(16)4-3-7(13)12(20)21;1-3-4-5-2/h1-9,11-12,16H,10H2,(H,18,20);7-8H,2-6,13H2,1H3,(H,14,19)(H,15,16)(H,17,18)(H,20,21);1,5H,4H2,2H3. The van der Waals surface area contributed by atoms with E-state index in [1.54, 1.807) is 36.4 Å². The van der Waals surface area contributed by atoms with Crippen molar-refractivity contribution >= 4 is 54.0 Å². The van der Waals surface area contributed by atoms with Crippen molar-refractivity contribution in [1.29, 1.82) is 0 Å². The van der Waals surface area contributed by atoms with Gasteiger partial charge in [0.2, 0.25) is 18.2 Å². The molecule has 14 nitrogen and oxygen atoms in total. The summed E-state index contributed by atoms with van der Waals surface area (Å²) in [6.45, 7) is 2.01. The molecule has 0 aliphatic heterocycles. The van der Waals surface area contributed by atoms with Crippen LogP contribution in [0.2, 0.25) is 0 Å². The number of carbonyl (C=O) groups excluding carboxylic acids is 5. The topological polar surface area (TPSA) is 234 Å². The third kappa shape index (κ3) is 19.5. The van der Waals surface area contributed by atoms with Gasteiger partial charge in [0.15, 0.2) is 5.78 Å². The Balaban J connectivity index is 0.000000806. The van der Waals surface area contributed by atoms with Crippen LogP contribution in [0.1, 0.15) is 41.3 Å². The minimum Gasteiger partial charge on any atom is -0.480 e. The lowest BCUT2D eigenvalue weighted by atomic mass is 10.00. The molecule has 8 N–H and O–H groups in total. The molecule has 2 aromatic rings. The zero-order valence-electron chi connectivity index (χ0n) is 26.8. The monoisotopic (exact) mass is 685 g/mol. The largest absolute Gasteiger partial charge is 0.480 e. The molecule has 48 heavy (non-hydrogen) atoms. The first-order valence-electron chi connectivity index (χ1n) is 14.7. The van der Waals surface area contributed by atoms with Crippen molar-refractivity contribution in [3.63, 3.8) is 0 Å². The van der Waals surface area contributed by atoms with Crippen LogP contribution in [0.3, 0.4) is 0 Å². The molecule has 260 valence electrons. The Morgan fingerprint density at radius 2 is 1.62 bits per heavy atom. The molecule has 0 saturated heterocycles. The summed E-state index contributed by atoms with van der Waals surface area (Å²) < 4.78 is 0. The number of nitrogens with two attached hydrogens (primary N) is 1. The number of terminal acetylenes is 1. The maximum absolute atomic E-state index is 12.2. The van der Waals surface area contributed by atoms with Gasteiger partial charge in [-0.1, -0.05) is 67.4 Å². The lowest BCUT2D eigenvalue weighted by Crippen LogP contribution is -2.49. The zero-order valence-corrected chi connectivity index (χ0v) is 27.7. The van der Waals surface area contributed by atoms with Crippen LogP contribution in [0.5, 0.6) is 0 Å². The molecule has 0 aliphatic rings. The van der Waals surface area contributed by atoms with E-state index in [2.05, 4.69) is 27.2 Å². The fourth-order valence-electron chi connectivity index (χ4n) is 3.52. The number of carboxylic acids is 2. The Morgan fingerprint density at radius 1 is 1.00 bits per heavy atom. The molecule has 0 bridgehead atoms. The number of thioether (sulfide) groups is 1. The SMILES string of the molecule is C#CCNC.CCSCC(NC(=O)CCC(N)C(=O)O)C(=O)NCC(=O)O.O=CNC(C=O)Cc1ccc(C(=O)c2ccccc2)cc1. The van der Waals surface area contributed by atoms with E-state index in [0.29, 0.717) is 42.5 Å². The predicted molar refractivity (Wildman–Crippen MR) is 182 cm³/mol. The highest BCUT2D eigenvalue weighted by Gasteiger charge is 2.22. The van der Waals surface area contributed by atoms with E-state index in [0.717, 1.165) is 11.3 Å². The molecule has 3 unspecified atom stereocenters. The molecule has 3 amide bonds. The summed E-state index contributed by atoms with van der Waals surface area (Å²) in [7, 11) is 1.82. The van der Waals surface area contributed by atoms with Crippen LogP contribution in [-0.4, -0.2) is 102 Å². The molecule has 0 spiro atoms. The third-order valence-corrected chi connectivity index (χ3v) is 6.96. The molecular weight excluding hydrogens is 642 g/mol. The van der Waals surface area contributed by atoms with E-state index in [1.807, 2.05) is 32.2 Å². The Morgan fingerprint density at radius 3 is 2.10 bits per heavy atom. The van der Waals surface area contributed by atoms with Gasteiger partial charge < -0.3 is 42.0 Å². The average molecular weight is 686 g/mol. The molecular formula is C33H43N5O9S. The number of aldehydes is 1. The number of hydrogen-bond donors (Lipinski definition) is 7. The van der Waals surface area contributed by atoms with Gasteiger partial charge in [-0.25, -0.2) is 0 Å². The van der Waals surface area contributed by atoms with Crippen molar-refractivity contribution < 1.29 is 43.8 Å². The summed E-state index contributed by atoms with van der Waals surface area (Å²) in [6.07, 6.45) is 6.25. The van der Waals surface area contributed by atoms with E-state index in [4.69, 9.17) is 22.4 Å². The van der Waals surface area contributed by atoms with Crippen LogP contribution in [-0.2, 0) is 35.2 Å². The fraction of sp³-hybridized carbons (Fsp3) is 0.364. The molecule has 2 rings (SSSR count). The molecule has 0 heterocycles. The van der Waals surface area contributed by atoms with Gasteiger partial charge in [0.1, 0.15) is 24.9 Å². The second-order valence-corrected chi connectivity index (χ2v) is 11.1. The number of ketones is 1. The summed E-state index contributed by atoms with van der Waals surface area (Å²) in [5, 5.41) is 27.0. The highest BCUT2D eigenvalue weighted by molar-refractivity contribution is 7.99. The second-order valence-electron chi connectivity index (χ2n) is 9.73. The summed E-state index contributed by atoms with van der Waals surface area (Å²) >= 11 is 1.41. The Labute approximate surface area is 284 Å². The number of aliphatic carboxylic acids is 2. The van der Waals surface area contributed by atoms with Crippen molar-refractivity contribution in [3.8, 4) is 12.3 Å². The van der Waals surface area contributed by atoms with Gasteiger partial charge in [0, 0.05) is 23.3 Å². The van der Waals surface area contributed by atoms with Crippen LogP contribution in [0.15, 0.2) is 54.6 Å². The lowest BCUT2D eigenvalue weighted by molar-refractivity contribution is -0.139. The van der Waals surface area contributed by atoms with Crippen molar-refractivity contribution in [2.45, 2.75) is 44.3 Å². The minimum absolute atomic E-state index is 0.0416. The second kappa shape index (κ2) is 26.1. The van der Waals surface area contributed by atoms with E-state index in [9.17, 15) is 33.6 Å². The van der Waals surface area contributed by atoms with Crippen molar-refractivity contribution in [2.75, 3.05) is 31.6 Å². The number of amides is 3. The van der Waals surface area contributed by atoms with Crippen LogP contribution in [0.4, 0.5) is 0 Å². The van der Waals surface area contributed by atoms with Crippen molar-refractivity contribution in [3.05, 3.63) is 71.3 Å². The molecule has 0 saturated carbocycles. The number of carbonyl (C=O) groups is 7. The van der Waals surface area contributed by atoms with E-state index >= 15 is 0 Å². The molecule has 3 atom stereocenters. The zero-order chi connectivity index (χ0) is 36.3. The Bertz CT molecular complexity index is 1350. The van der Waals surface area contributed by atoms with Crippen LogP contribution < -0.4 is 27.0 Å². The first-order valence-corrected chi connectivity index (χ1v) is 15.9. The van der Waals surface area contributed by atoms with Crippen molar-refractivity contribution in [1.82, 2.24) is 21.3 Å². The van der Waals surface area contributed by atoms with Gasteiger partial charge in [-0.05, 0) is 31.2 Å². The molecule has 0 aromatic heterocycles. The Hall–Kier alpha value is -5.04. The van der Waals surface area contributed by atoms with E-state index < -0.39 is 48.4 Å². The normalized spacial score (nSPS) is 11.6. The fourth-order valence-corrected chi connectivity index (χ4v) is 4.23. The third-order valence-electron chi connectivity index (χ3n) is 5.99. The summed E-state index contributed by atoms with van der Waals surface area (Å²) in [5.74, 6) is -0.118. The van der Waals surface area contributed by atoms with Gasteiger partial charge >= 0.3 is 11.9 Å². The number of nitrogens with one attached hydrogen (secondary N) is 4. The number of carboxylic acid groups (broad SMARTS) is 2. The summed E-state index contributed by atoms with van der Waals surface area (Å²) in [4.78, 5) is 77.9. The lowest BCUT2D eigenvalue weighted by Gasteiger charge is -2.17. The first-order chi connectivity index (χ1) is 22.9.